The highest BCUT2D eigenvalue weighted by molar-refractivity contribution is 5.50. The first-order chi connectivity index (χ1) is 16.0. The normalized spacial score (nSPS) is 26.8. The second-order valence-corrected chi connectivity index (χ2v) is 9.86. The maximum atomic E-state index is 10.1. The predicted octanol–water partition coefficient (Wildman–Crippen LogP) is 4.34. The van der Waals surface area contributed by atoms with Crippen molar-refractivity contribution in [3.05, 3.63) is 46.5 Å². The Kier molecular flexibility index (Phi) is 6.14. The van der Waals surface area contributed by atoms with Crippen molar-refractivity contribution in [1.29, 1.82) is 0 Å². The van der Waals surface area contributed by atoms with E-state index < -0.39 is 0 Å². The molecule has 1 saturated heterocycles. The third kappa shape index (κ3) is 4.04. The van der Waals surface area contributed by atoms with Gasteiger partial charge in [0.2, 0.25) is 0 Å². The number of ether oxygens (including phenoxy) is 2. The Bertz CT molecular complexity index is 1020. The predicted molar refractivity (Wildman–Crippen MR) is 128 cm³/mol. The molecule has 2 aromatic rings. The number of rotatable bonds is 5. The van der Waals surface area contributed by atoms with Crippen LogP contribution in [0.1, 0.15) is 60.5 Å². The molecular formula is C27H36N2O4. The summed E-state index contributed by atoms with van der Waals surface area (Å²) in [5, 5.41) is 23.8. The molecule has 0 unspecified atom stereocenters. The van der Waals surface area contributed by atoms with E-state index >= 15 is 0 Å². The molecule has 1 fully saturated rings. The molecule has 0 bridgehead atoms. The molecule has 3 heterocycles. The highest BCUT2D eigenvalue weighted by Crippen LogP contribution is 2.47. The topological polar surface area (TPSA) is 74.2 Å². The van der Waals surface area contributed by atoms with Crippen molar-refractivity contribution in [3.63, 3.8) is 0 Å². The fourth-order valence-corrected chi connectivity index (χ4v) is 6.44. The van der Waals surface area contributed by atoms with Crippen LogP contribution in [0.5, 0.6) is 23.0 Å². The molecule has 6 heteroatoms. The third-order valence-corrected chi connectivity index (χ3v) is 8.23. The molecule has 3 aliphatic heterocycles. The van der Waals surface area contributed by atoms with Crippen LogP contribution in [-0.4, -0.2) is 49.0 Å². The summed E-state index contributed by atoms with van der Waals surface area (Å²) in [6.45, 7) is 5.44. The second kappa shape index (κ2) is 9.07. The maximum Gasteiger partial charge on any atom is 0.161 e. The van der Waals surface area contributed by atoms with Crippen LogP contribution in [0, 0.1) is 11.8 Å². The number of nitrogens with zero attached hydrogens (tertiary/aromatic N) is 1. The Labute approximate surface area is 196 Å². The van der Waals surface area contributed by atoms with Gasteiger partial charge in [0.05, 0.1) is 14.2 Å². The lowest BCUT2D eigenvalue weighted by molar-refractivity contribution is 0.0434. The average molecular weight is 453 g/mol. The van der Waals surface area contributed by atoms with E-state index in [2.05, 4.69) is 29.3 Å². The number of aromatic hydroxyl groups is 2. The van der Waals surface area contributed by atoms with Crippen LogP contribution in [0.25, 0.3) is 0 Å². The minimum absolute atomic E-state index is 0.0164. The van der Waals surface area contributed by atoms with Crippen LogP contribution < -0.4 is 14.8 Å². The van der Waals surface area contributed by atoms with Crippen molar-refractivity contribution >= 4 is 0 Å². The zero-order valence-electron chi connectivity index (χ0n) is 19.9. The summed E-state index contributed by atoms with van der Waals surface area (Å²) in [6, 6.07) is 8.49. The number of fused-ring (bicyclic) bond motifs is 4. The van der Waals surface area contributed by atoms with E-state index in [1.54, 1.807) is 26.4 Å². The van der Waals surface area contributed by atoms with Gasteiger partial charge in [-0.2, -0.15) is 0 Å². The number of nitrogens with one attached hydrogen (secondary N) is 1. The second-order valence-electron chi connectivity index (χ2n) is 9.86. The molecule has 3 N–H and O–H groups in total. The van der Waals surface area contributed by atoms with Gasteiger partial charge in [-0.25, -0.2) is 0 Å². The Morgan fingerprint density at radius 2 is 1.67 bits per heavy atom. The van der Waals surface area contributed by atoms with Gasteiger partial charge in [-0.1, -0.05) is 13.3 Å². The summed E-state index contributed by atoms with van der Waals surface area (Å²) in [7, 11) is 3.41. The monoisotopic (exact) mass is 452 g/mol. The fourth-order valence-electron chi connectivity index (χ4n) is 6.44. The lowest BCUT2D eigenvalue weighted by Crippen LogP contribution is -2.46. The fraction of sp³-hybridized carbons (Fsp3) is 0.556. The van der Waals surface area contributed by atoms with Crippen LogP contribution >= 0.6 is 0 Å². The minimum atomic E-state index is -0.0217. The van der Waals surface area contributed by atoms with E-state index in [1.807, 2.05) is 0 Å². The maximum absolute atomic E-state index is 10.1. The molecule has 3 aliphatic rings. The molecule has 0 aliphatic carbocycles. The SMILES string of the molecule is CC[C@H]1CN2CCc3cc(OC)c(OC)cc3[C@@H]2C[C@@H]1C[C@H]1NCCc2cc(O)c(O)cc21. The third-order valence-electron chi connectivity index (χ3n) is 8.23. The summed E-state index contributed by atoms with van der Waals surface area (Å²) in [5.41, 5.74) is 5.06. The van der Waals surface area contributed by atoms with Gasteiger partial charge in [-0.15, -0.1) is 0 Å². The summed E-state index contributed by atoms with van der Waals surface area (Å²) < 4.78 is 11.2. The summed E-state index contributed by atoms with van der Waals surface area (Å²) in [6.07, 6.45) is 5.27. The number of hydrogen-bond donors (Lipinski definition) is 3. The van der Waals surface area contributed by atoms with Gasteiger partial charge in [-0.05, 0) is 90.6 Å². The molecule has 0 spiro atoms. The molecule has 0 amide bonds. The molecular weight excluding hydrogens is 416 g/mol. The standard InChI is InChI=1S/C27H36N2O4/c1-4-16-15-29-8-6-18-12-26(32-2)27(33-3)14-21(18)23(29)10-19(16)9-22-20-13-25(31)24(30)11-17(20)5-7-28-22/h11-14,16,19,22-23,28,30-31H,4-10,15H2,1-3H3/t16-,19-,22+,23-/m0/s1. The molecule has 0 saturated carbocycles. The number of phenols is 2. The average Bonchev–Trinajstić information content (AvgIpc) is 2.83. The molecule has 178 valence electrons. The summed E-state index contributed by atoms with van der Waals surface area (Å²) in [5.74, 6) is 2.82. The number of piperidine rings is 1. The van der Waals surface area contributed by atoms with Crippen molar-refractivity contribution < 1.29 is 19.7 Å². The van der Waals surface area contributed by atoms with Gasteiger partial charge in [0.15, 0.2) is 23.0 Å². The van der Waals surface area contributed by atoms with Gasteiger partial charge in [0.1, 0.15) is 0 Å². The first-order valence-corrected chi connectivity index (χ1v) is 12.3. The highest BCUT2D eigenvalue weighted by Gasteiger charge is 2.40. The summed E-state index contributed by atoms with van der Waals surface area (Å²) >= 11 is 0. The van der Waals surface area contributed by atoms with Gasteiger partial charge < -0.3 is 25.0 Å². The van der Waals surface area contributed by atoms with Crippen molar-refractivity contribution in [3.8, 4) is 23.0 Å². The highest BCUT2D eigenvalue weighted by atomic mass is 16.5. The largest absolute Gasteiger partial charge is 0.504 e. The Hall–Kier alpha value is -2.44. The Morgan fingerprint density at radius 1 is 0.939 bits per heavy atom. The van der Waals surface area contributed by atoms with Gasteiger partial charge in [0.25, 0.3) is 0 Å². The van der Waals surface area contributed by atoms with Crippen molar-refractivity contribution in [1.82, 2.24) is 10.2 Å². The number of methoxy groups -OCH3 is 2. The first-order valence-electron chi connectivity index (χ1n) is 12.3. The van der Waals surface area contributed by atoms with E-state index in [9.17, 15) is 10.2 Å². The Balaban J connectivity index is 1.43. The first kappa shape index (κ1) is 22.4. The smallest absolute Gasteiger partial charge is 0.161 e. The van der Waals surface area contributed by atoms with E-state index in [0.29, 0.717) is 17.9 Å². The van der Waals surface area contributed by atoms with E-state index in [-0.39, 0.29) is 17.5 Å². The molecule has 33 heavy (non-hydrogen) atoms. The van der Waals surface area contributed by atoms with Crippen LogP contribution in [0.2, 0.25) is 0 Å². The zero-order valence-corrected chi connectivity index (χ0v) is 19.9. The van der Waals surface area contributed by atoms with Crippen molar-refractivity contribution in [2.24, 2.45) is 11.8 Å². The van der Waals surface area contributed by atoms with Crippen LogP contribution in [-0.2, 0) is 12.8 Å². The van der Waals surface area contributed by atoms with E-state index in [4.69, 9.17) is 9.47 Å². The molecule has 4 atom stereocenters. The van der Waals surface area contributed by atoms with Crippen molar-refractivity contribution in [2.75, 3.05) is 33.9 Å². The van der Waals surface area contributed by atoms with Gasteiger partial charge >= 0.3 is 0 Å². The molecule has 0 radical (unpaired) electrons. The van der Waals surface area contributed by atoms with Crippen LogP contribution in [0.15, 0.2) is 24.3 Å². The zero-order chi connectivity index (χ0) is 23.1. The number of phenolic OH excluding ortho intramolecular Hbond substituents is 2. The van der Waals surface area contributed by atoms with E-state index in [0.717, 1.165) is 67.9 Å². The molecule has 5 rings (SSSR count). The van der Waals surface area contributed by atoms with E-state index in [1.165, 1.54) is 17.5 Å². The lowest BCUT2D eigenvalue weighted by atomic mass is 9.72. The van der Waals surface area contributed by atoms with Crippen LogP contribution in [0.3, 0.4) is 0 Å². The van der Waals surface area contributed by atoms with Crippen molar-refractivity contribution in [2.45, 2.75) is 51.1 Å². The van der Waals surface area contributed by atoms with Crippen LogP contribution in [0.4, 0.5) is 0 Å². The quantitative estimate of drug-likeness (QED) is 0.586. The molecule has 6 nitrogen and oxygen atoms in total. The summed E-state index contributed by atoms with van der Waals surface area (Å²) in [4.78, 5) is 2.67. The molecule has 0 aromatic heterocycles. The van der Waals surface area contributed by atoms with Gasteiger partial charge in [0, 0.05) is 25.2 Å². The minimum Gasteiger partial charge on any atom is -0.504 e. The lowest BCUT2D eigenvalue weighted by Gasteiger charge is -2.48. The molecule has 2 aromatic carbocycles. The number of hydrogen-bond acceptors (Lipinski definition) is 6. The Morgan fingerprint density at radius 3 is 2.42 bits per heavy atom. The van der Waals surface area contributed by atoms with Gasteiger partial charge in [-0.3, -0.25) is 4.90 Å². The number of benzene rings is 2.